The van der Waals surface area contributed by atoms with E-state index in [1.807, 2.05) is 11.8 Å². The van der Waals surface area contributed by atoms with E-state index < -0.39 is 0 Å². The minimum Gasteiger partial charge on any atom is -0.373 e. The first kappa shape index (κ1) is 5.42. The van der Waals surface area contributed by atoms with Crippen molar-refractivity contribution in [1.29, 1.82) is 0 Å². The van der Waals surface area contributed by atoms with Gasteiger partial charge in [0, 0.05) is 7.05 Å². The van der Waals surface area contributed by atoms with E-state index in [1.165, 1.54) is 0 Å². The van der Waals surface area contributed by atoms with Crippen molar-refractivity contribution in [2.45, 2.75) is 11.3 Å². The summed E-state index contributed by atoms with van der Waals surface area (Å²) in [6.07, 6.45) is 6.68. The Kier molecular flexibility index (Phi) is 1.09. The number of likely N-dealkylation sites (N-methyl/N-ethyl adjacent to an activating group) is 1. The van der Waals surface area contributed by atoms with E-state index in [9.17, 15) is 0 Å². The van der Waals surface area contributed by atoms with E-state index in [-0.39, 0.29) is 0 Å². The van der Waals surface area contributed by atoms with Crippen molar-refractivity contribution in [1.82, 2.24) is 4.90 Å². The lowest BCUT2D eigenvalue weighted by molar-refractivity contribution is 0.424. The summed E-state index contributed by atoms with van der Waals surface area (Å²) < 4.78 is 0. The second-order valence-electron chi connectivity index (χ2n) is 2.43. The van der Waals surface area contributed by atoms with E-state index in [2.05, 4.69) is 35.7 Å². The maximum Gasteiger partial charge on any atom is 0.0630 e. The fourth-order valence-corrected chi connectivity index (χ4v) is 2.29. The Labute approximate surface area is 59.4 Å². The molecule has 1 nitrogen and oxygen atoms in total. The molecule has 0 aliphatic carbocycles. The maximum atomic E-state index is 2.26. The smallest absolute Gasteiger partial charge is 0.0630 e. The zero-order chi connectivity index (χ0) is 6.27. The van der Waals surface area contributed by atoms with Crippen molar-refractivity contribution >= 4 is 11.8 Å². The first-order valence-electron chi connectivity index (χ1n) is 3.10. The number of fused-ring (bicyclic) bond motifs is 1. The number of rotatable bonds is 0. The molecule has 2 heterocycles. The van der Waals surface area contributed by atoms with Gasteiger partial charge in [-0.1, -0.05) is 12.2 Å². The highest BCUT2D eigenvalue weighted by Gasteiger charge is 2.27. The molecular weight excluding hydrogens is 130 g/mol. The monoisotopic (exact) mass is 139 g/mol. The molecule has 0 N–H and O–H groups in total. The van der Waals surface area contributed by atoms with E-state index in [4.69, 9.17) is 0 Å². The normalized spacial score (nSPS) is 38.1. The summed E-state index contributed by atoms with van der Waals surface area (Å²) in [4.78, 5) is 2.25. The third-order valence-corrected chi connectivity index (χ3v) is 2.89. The number of nitrogens with zero attached hydrogens (tertiary/aromatic N) is 1. The highest BCUT2D eigenvalue weighted by atomic mass is 32.2. The summed E-state index contributed by atoms with van der Waals surface area (Å²) in [5.41, 5.74) is 0. The van der Waals surface area contributed by atoms with Gasteiger partial charge in [0.15, 0.2) is 0 Å². The summed E-state index contributed by atoms with van der Waals surface area (Å²) in [6, 6.07) is 0.648. The zero-order valence-electron chi connectivity index (χ0n) is 5.32. The lowest BCUT2D eigenvalue weighted by Gasteiger charge is -2.17. The minimum absolute atomic E-state index is 0.648. The van der Waals surface area contributed by atoms with E-state index in [1.54, 1.807) is 0 Å². The number of hydrogen-bond donors (Lipinski definition) is 0. The Morgan fingerprint density at radius 1 is 1.44 bits per heavy atom. The summed E-state index contributed by atoms with van der Waals surface area (Å²) >= 11 is 1.91. The molecule has 2 aliphatic heterocycles. The summed E-state index contributed by atoms with van der Waals surface area (Å²) in [5, 5.41) is 2.89. The minimum atomic E-state index is 0.648. The molecule has 0 aromatic rings. The molecule has 2 aliphatic rings. The fraction of sp³-hybridized carbons (Fsp3) is 0.429. The van der Waals surface area contributed by atoms with Crippen LogP contribution in [-0.2, 0) is 0 Å². The van der Waals surface area contributed by atoms with Gasteiger partial charge in [-0.15, -0.1) is 11.8 Å². The summed E-state index contributed by atoms with van der Waals surface area (Å²) in [7, 11) is 2.12. The molecule has 9 heavy (non-hydrogen) atoms. The van der Waals surface area contributed by atoms with Gasteiger partial charge in [0.1, 0.15) is 0 Å². The maximum absolute atomic E-state index is 2.26. The molecule has 0 bridgehead atoms. The van der Waals surface area contributed by atoms with Crippen molar-refractivity contribution in [3.63, 3.8) is 0 Å². The molecule has 2 heteroatoms. The summed E-state index contributed by atoms with van der Waals surface area (Å²) in [5.74, 6) is 0. The van der Waals surface area contributed by atoms with Gasteiger partial charge in [-0.3, -0.25) is 0 Å². The van der Waals surface area contributed by atoms with Gasteiger partial charge >= 0.3 is 0 Å². The van der Waals surface area contributed by atoms with Crippen LogP contribution in [0.15, 0.2) is 23.8 Å². The van der Waals surface area contributed by atoms with Crippen LogP contribution in [0.5, 0.6) is 0 Å². The second kappa shape index (κ2) is 1.81. The van der Waals surface area contributed by atoms with Gasteiger partial charge in [0.05, 0.1) is 11.3 Å². The Morgan fingerprint density at radius 3 is 3.11 bits per heavy atom. The van der Waals surface area contributed by atoms with E-state index >= 15 is 0 Å². The molecule has 2 atom stereocenters. The van der Waals surface area contributed by atoms with Crippen LogP contribution in [0, 0.1) is 0 Å². The van der Waals surface area contributed by atoms with Crippen LogP contribution in [0.25, 0.3) is 0 Å². The second-order valence-corrected chi connectivity index (χ2v) is 3.52. The fourth-order valence-electron chi connectivity index (χ4n) is 1.25. The quantitative estimate of drug-likeness (QED) is 0.499. The van der Waals surface area contributed by atoms with Crippen molar-refractivity contribution in [2.75, 3.05) is 7.05 Å². The Balaban J connectivity index is 2.22. The van der Waals surface area contributed by atoms with Gasteiger partial charge < -0.3 is 4.90 Å². The molecule has 0 radical (unpaired) electrons. The van der Waals surface area contributed by atoms with Crippen LogP contribution in [0.1, 0.15) is 0 Å². The average molecular weight is 139 g/mol. The van der Waals surface area contributed by atoms with Gasteiger partial charge in [-0.05, 0) is 11.6 Å². The molecule has 48 valence electrons. The molecule has 2 rings (SSSR count). The molecule has 0 saturated heterocycles. The Morgan fingerprint density at radius 2 is 2.33 bits per heavy atom. The molecule has 0 saturated carbocycles. The molecule has 0 fully saturated rings. The third-order valence-electron chi connectivity index (χ3n) is 1.83. The van der Waals surface area contributed by atoms with Crippen molar-refractivity contribution in [3.8, 4) is 0 Å². The van der Waals surface area contributed by atoms with Gasteiger partial charge in [-0.25, -0.2) is 0 Å². The number of hydrogen-bond acceptors (Lipinski definition) is 2. The molecule has 0 aromatic heterocycles. The average Bonchev–Trinajstić information content (AvgIpc) is 2.35. The largest absolute Gasteiger partial charge is 0.373 e. The van der Waals surface area contributed by atoms with Crippen LogP contribution in [0.4, 0.5) is 0 Å². The molecule has 0 spiro atoms. The first-order valence-corrected chi connectivity index (χ1v) is 4.04. The highest BCUT2D eigenvalue weighted by Crippen LogP contribution is 2.32. The van der Waals surface area contributed by atoms with Crippen molar-refractivity contribution < 1.29 is 0 Å². The predicted octanol–water partition coefficient (Wildman–Crippen LogP) is 1.44. The molecule has 0 aromatic carbocycles. The lowest BCUT2D eigenvalue weighted by atomic mass is 10.2. The molecular formula is C7H9NS. The standard InChI is InChI=1S/C7H9NS/c1-8-4-2-7-6(8)3-5-9-7/h2-7H,1H3. The van der Waals surface area contributed by atoms with E-state index in [0.29, 0.717) is 11.3 Å². The van der Waals surface area contributed by atoms with Crippen LogP contribution in [-0.4, -0.2) is 23.2 Å². The highest BCUT2D eigenvalue weighted by molar-refractivity contribution is 8.03. The summed E-state index contributed by atoms with van der Waals surface area (Å²) in [6.45, 7) is 0. The van der Waals surface area contributed by atoms with Gasteiger partial charge in [0.2, 0.25) is 0 Å². The Bertz CT molecular complexity index is 174. The molecule has 0 amide bonds. The molecule has 2 unspecified atom stereocenters. The first-order chi connectivity index (χ1) is 4.38. The van der Waals surface area contributed by atoms with Crippen molar-refractivity contribution in [2.24, 2.45) is 0 Å². The predicted molar refractivity (Wildman–Crippen MR) is 41.2 cm³/mol. The zero-order valence-corrected chi connectivity index (χ0v) is 6.14. The Hall–Kier alpha value is -0.370. The van der Waals surface area contributed by atoms with Gasteiger partial charge in [-0.2, -0.15) is 0 Å². The van der Waals surface area contributed by atoms with Crippen LogP contribution >= 0.6 is 11.8 Å². The SMILES string of the molecule is CN1C=CC2SC=CC21. The van der Waals surface area contributed by atoms with Crippen LogP contribution in [0.3, 0.4) is 0 Å². The van der Waals surface area contributed by atoms with E-state index in [0.717, 1.165) is 0 Å². The third kappa shape index (κ3) is 0.697. The van der Waals surface area contributed by atoms with Crippen LogP contribution < -0.4 is 0 Å². The number of thioether (sulfide) groups is 1. The van der Waals surface area contributed by atoms with Crippen molar-refractivity contribution in [3.05, 3.63) is 23.8 Å². The topological polar surface area (TPSA) is 3.24 Å². The van der Waals surface area contributed by atoms with Gasteiger partial charge in [0.25, 0.3) is 0 Å². The lowest BCUT2D eigenvalue weighted by Crippen LogP contribution is -2.25. The van der Waals surface area contributed by atoms with Crippen LogP contribution in [0.2, 0.25) is 0 Å².